The normalized spacial score (nSPS) is 9.58. The Morgan fingerprint density at radius 3 is 2.50 bits per heavy atom. The van der Waals surface area contributed by atoms with Gasteiger partial charge in [-0.2, -0.15) is 0 Å². The van der Waals surface area contributed by atoms with Gasteiger partial charge in [0.15, 0.2) is 0 Å². The van der Waals surface area contributed by atoms with Crippen LogP contribution in [-0.4, -0.2) is 5.37 Å². The van der Waals surface area contributed by atoms with Gasteiger partial charge in [0.2, 0.25) is 0 Å². The van der Waals surface area contributed by atoms with Crippen molar-refractivity contribution in [3.63, 3.8) is 0 Å². The SMILES string of the molecule is Cc1ccc(NC(=O)Cl)cc1C. The topological polar surface area (TPSA) is 29.1 Å². The van der Waals surface area contributed by atoms with Crippen LogP contribution in [0, 0.1) is 13.8 Å². The second kappa shape index (κ2) is 3.59. The Hall–Kier alpha value is -1.02. The number of carbonyl (C=O) groups excluding carboxylic acids is 1. The Labute approximate surface area is 76.5 Å². The maximum atomic E-state index is 10.5. The molecular formula is C9H10ClNO. The number of halogens is 1. The molecule has 2 nitrogen and oxygen atoms in total. The predicted octanol–water partition coefficient (Wildman–Crippen LogP) is 3.07. The molecule has 3 heteroatoms. The molecule has 0 aliphatic heterocycles. The maximum absolute atomic E-state index is 10.5. The molecule has 64 valence electrons. The van der Waals surface area contributed by atoms with Gasteiger partial charge in [0.25, 0.3) is 0 Å². The van der Waals surface area contributed by atoms with Crippen molar-refractivity contribution in [2.45, 2.75) is 13.8 Å². The van der Waals surface area contributed by atoms with Crippen molar-refractivity contribution in [1.29, 1.82) is 0 Å². The maximum Gasteiger partial charge on any atom is 0.318 e. The minimum absolute atomic E-state index is 0.557. The summed E-state index contributed by atoms with van der Waals surface area (Å²) in [6.07, 6.45) is 0. The first-order chi connectivity index (χ1) is 5.59. The molecule has 12 heavy (non-hydrogen) atoms. The molecular weight excluding hydrogens is 174 g/mol. The molecule has 1 amide bonds. The van der Waals surface area contributed by atoms with Crippen LogP contribution in [0.1, 0.15) is 11.1 Å². The fourth-order valence-corrected chi connectivity index (χ4v) is 1.04. The van der Waals surface area contributed by atoms with Crippen molar-refractivity contribution in [1.82, 2.24) is 0 Å². The van der Waals surface area contributed by atoms with Crippen molar-refractivity contribution in [3.05, 3.63) is 29.3 Å². The van der Waals surface area contributed by atoms with E-state index in [-0.39, 0.29) is 0 Å². The Bertz CT molecular complexity index is 309. The number of nitrogens with one attached hydrogen (secondary N) is 1. The highest BCUT2D eigenvalue weighted by molar-refractivity contribution is 6.65. The lowest BCUT2D eigenvalue weighted by molar-refractivity contribution is 0.269. The largest absolute Gasteiger partial charge is 0.318 e. The van der Waals surface area contributed by atoms with Crippen molar-refractivity contribution in [3.8, 4) is 0 Å². The van der Waals surface area contributed by atoms with Crippen LogP contribution < -0.4 is 5.32 Å². The molecule has 0 spiro atoms. The van der Waals surface area contributed by atoms with Gasteiger partial charge < -0.3 is 5.32 Å². The molecule has 1 aromatic carbocycles. The Balaban J connectivity index is 2.89. The average molecular weight is 184 g/mol. The zero-order valence-electron chi connectivity index (χ0n) is 7.02. The van der Waals surface area contributed by atoms with Gasteiger partial charge in [-0.05, 0) is 48.7 Å². The fourth-order valence-electron chi connectivity index (χ4n) is 0.933. The van der Waals surface area contributed by atoms with Crippen molar-refractivity contribution < 1.29 is 4.79 Å². The molecule has 0 aromatic heterocycles. The second-order valence-corrected chi connectivity index (χ2v) is 3.04. The third-order valence-electron chi connectivity index (χ3n) is 1.75. The van der Waals surface area contributed by atoms with Crippen LogP contribution in [-0.2, 0) is 0 Å². The third kappa shape index (κ3) is 2.24. The summed E-state index contributed by atoms with van der Waals surface area (Å²) in [5.41, 5.74) is 3.07. The number of amides is 1. The number of hydrogen-bond acceptors (Lipinski definition) is 1. The van der Waals surface area contributed by atoms with Crippen molar-refractivity contribution in [2.75, 3.05) is 5.32 Å². The Morgan fingerprint density at radius 1 is 1.33 bits per heavy atom. The minimum Gasteiger partial charge on any atom is -0.312 e. The number of rotatable bonds is 1. The van der Waals surface area contributed by atoms with E-state index in [9.17, 15) is 4.79 Å². The number of aryl methyl sites for hydroxylation is 2. The van der Waals surface area contributed by atoms with E-state index in [1.54, 1.807) is 0 Å². The molecule has 0 radical (unpaired) electrons. The second-order valence-electron chi connectivity index (χ2n) is 2.70. The number of hydrogen-bond donors (Lipinski definition) is 1. The average Bonchev–Trinajstić information content (AvgIpc) is 1.96. The third-order valence-corrected chi connectivity index (χ3v) is 1.84. The standard InChI is InChI=1S/C9H10ClNO/c1-6-3-4-8(5-7(6)2)11-9(10)12/h3-5H,1-2H3,(H,11,12). The molecule has 1 rings (SSSR count). The quantitative estimate of drug-likeness (QED) is 0.526. The van der Waals surface area contributed by atoms with E-state index in [1.165, 1.54) is 5.56 Å². The molecule has 0 unspecified atom stereocenters. The first kappa shape index (κ1) is 9.07. The van der Waals surface area contributed by atoms with E-state index < -0.39 is 5.37 Å². The van der Waals surface area contributed by atoms with Crippen LogP contribution in [0.15, 0.2) is 18.2 Å². The van der Waals surface area contributed by atoms with E-state index in [1.807, 2.05) is 32.0 Å². The van der Waals surface area contributed by atoms with Crippen LogP contribution in [0.3, 0.4) is 0 Å². The first-order valence-electron chi connectivity index (χ1n) is 3.63. The summed E-state index contributed by atoms with van der Waals surface area (Å²) in [5, 5.41) is 1.94. The zero-order valence-corrected chi connectivity index (χ0v) is 7.77. The lowest BCUT2D eigenvalue weighted by Crippen LogP contribution is -2.01. The van der Waals surface area contributed by atoms with Gasteiger partial charge in [0.05, 0.1) is 0 Å². The summed E-state index contributed by atoms with van der Waals surface area (Å²) < 4.78 is 0. The first-order valence-corrected chi connectivity index (χ1v) is 4.01. The molecule has 0 aliphatic carbocycles. The molecule has 0 bridgehead atoms. The fraction of sp³-hybridized carbons (Fsp3) is 0.222. The van der Waals surface area contributed by atoms with Gasteiger partial charge in [0.1, 0.15) is 0 Å². The number of anilines is 1. The van der Waals surface area contributed by atoms with E-state index >= 15 is 0 Å². The van der Waals surface area contributed by atoms with E-state index in [4.69, 9.17) is 11.6 Å². The van der Waals surface area contributed by atoms with Gasteiger partial charge in [-0.15, -0.1) is 0 Å². The van der Waals surface area contributed by atoms with Crippen LogP contribution in [0.25, 0.3) is 0 Å². The van der Waals surface area contributed by atoms with E-state index in [0.29, 0.717) is 0 Å². The van der Waals surface area contributed by atoms with Gasteiger partial charge in [-0.1, -0.05) is 6.07 Å². The van der Waals surface area contributed by atoms with Gasteiger partial charge >= 0.3 is 5.37 Å². The van der Waals surface area contributed by atoms with Crippen molar-refractivity contribution in [2.24, 2.45) is 0 Å². The molecule has 1 aromatic rings. The highest BCUT2D eigenvalue weighted by atomic mass is 35.5. The number of benzene rings is 1. The Morgan fingerprint density at radius 2 is 2.00 bits per heavy atom. The minimum atomic E-state index is -0.557. The van der Waals surface area contributed by atoms with Crippen molar-refractivity contribution >= 4 is 22.7 Å². The van der Waals surface area contributed by atoms with E-state index in [0.717, 1.165) is 11.3 Å². The molecule has 1 N–H and O–H groups in total. The highest BCUT2D eigenvalue weighted by Crippen LogP contribution is 2.14. The highest BCUT2D eigenvalue weighted by Gasteiger charge is 1.98. The Kier molecular flexibility index (Phi) is 2.71. The smallest absolute Gasteiger partial charge is 0.312 e. The summed E-state index contributed by atoms with van der Waals surface area (Å²) in [7, 11) is 0. The molecule has 0 saturated heterocycles. The lowest BCUT2D eigenvalue weighted by Gasteiger charge is -2.03. The molecule has 0 saturated carbocycles. The van der Waals surface area contributed by atoms with Crippen LogP contribution >= 0.6 is 11.6 Å². The van der Waals surface area contributed by atoms with Crippen LogP contribution in [0.4, 0.5) is 10.5 Å². The molecule has 0 atom stereocenters. The monoisotopic (exact) mass is 183 g/mol. The van der Waals surface area contributed by atoms with E-state index in [2.05, 4.69) is 5.32 Å². The van der Waals surface area contributed by atoms with Gasteiger partial charge in [0, 0.05) is 5.69 Å². The summed E-state index contributed by atoms with van der Waals surface area (Å²) in [6, 6.07) is 5.65. The summed E-state index contributed by atoms with van der Waals surface area (Å²) in [5.74, 6) is 0. The zero-order chi connectivity index (χ0) is 9.14. The van der Waals surface area contributed by atoms with Gasteiger partial charge in [-0.3, -0.25) is 4.79 Å². The number of carbonyl (C=O) groups is 1. The molecule has 0 aliphatic rings. The summed E-state index contributed by atoms with van der Waals surface area (Å²) in [4.78, 5) is 10.5. The molecule has 0 fully saturated rings. The lowest BCUT2D eigenvalue weighted by atomic mass is 10.1. The summed E-state index contributed by atoms with van der Waals surface area (Å²) in [6.45, 7) is 4.00. The molecule has 0 heterocycles. The van der Waals surface area contributed by atoms with Gasteiger partial charge in [-0.25, -0.2) is 0 Å². The van der Waals surface area contributed by atoms with Crippen LogP contribution in [0.5, 0.6) is 0 Å². The van der Waals surface area contributed by atoms with Crippen LogP contribution in [0.2, 0.25) is 0 Å². The summed E-state index contributed by atoms with van der Waals surface area (Å²) >= 11 is 5.15. The predicted molar refractivity (Wildman–Crippen MR) is 50.8 cm³/mol.